The van der Waals surface area contributed by atoms with Crippen LogP contribution in [0.3, 0.4) is 0 Å². The number of rotatable bonds is 7. The van der Waals surface area contributed by atoms with Gasteiger partial charge in [-0.1, -0.05) is 12.1 Å². The first-order chi connectivity index (χ1) is 14.8. The predicted octanol–water partition coefficient (Wildman–Crippen LogP) is 3.50. The van der Waals surface area contributed by atoms with Crippen molar-refractivity contribution in [2.45, 2.75) is 46.1 Å². The van der Waals surface area contributed by atoms with Crippen LogP contribution in [0.5, 0.6) is 0 Å². The number of hydrogen-bond donors (Lipinski definition) is 1. The molecule has 0 spiro atoms. The highest BCUT2D eigenvalue weighted by Crippen LogP contribution is 2.23. The van der Waals surface area contributed by atoms with Crippen LogP contribution in [0.2, 0.25) is 0 Å². The number of hydrogen-bond acceptors (Lipinski definition) is 5. The Kier molecular flexibility index (Phi) is 7.15. The molecular weight excluding hydrogens is 394 g/mol. The standard InChI is InChI=1S/C24H31N3O4/c1-16-22(24(30)31-4)20(25-23(16)17(2)28)14-21(29)26(3)15-18-8-10-19(11-9-18)27-12-6-5-7-13-27/h8-11,25H,5-7,12-15H2,1-4H3. The Morgan fingerprint density at radius 3 is 2.32 bits per heavy atom. The van der Waals surface area contributed by atoms with E-state index in [2.05, 4.69) is 34.1 Å². The molecule has 1 N–H and O–H groups in total. The quantitative estimate of drug-likeness (QED) is 0.542. The molecule has 1 amide bonds. The van der Waals surface area contributed by atoms with Gasteiger partial charge in [0, 0.05) is 45.0 Å². The van der Waals surface area contributed by atoms with Gasteiger partial charge in [0.25, 0.3) is 0 Å². The fraction of sp³-hybridized carbons (Fsp3) is 0.458. The first-order valence-electron chi connectivity index (χ1n) is 10.7. The van der Waals surface area contributed by atoms with Crippen LogP contribution < -0.4 is 4.90 Å². The number of nitrogens with zero attached hydrogens (tertiary/aromatic N) is 2. The normalized spacial score (nSPS) is 13.7. The molecule has 0 radical (unpaired) electrons. The second-order valence-corrected chi connectivity index (χ2v) is 8.17. The number of aromatic nitrogens is 1. The zero-order valence-electron chi connectivity index (χ0n) is 18.8. The van der Waals surface area contributed by atoms with Crippen molar-refractivity contribution in [3.05, 3.63) is 52.3 Å². The van der Waals surface area contributed by atoms with E-state index in [1.807, 2.05) is 0 Å². The third kappa shape index (κ3) is 5.16. The molecule has 2 aromatic rings. The van der Waals surface area contributed by atoms with Crippen molar-refractivity contribution in [3.8, 4) is 0 Å². The molecule has 166 valence electrons. The summed E-state index contributed by atoms with van der Waals surface area (Å²) >= 11 is 0. The lowest BCUT2D eigenvalue weighted by molar-refractivity contribution is -0.129. The number of piperidine rings is 1. The van der Waals surface area contributed by atoms with Gasteiger partial charge in [-0.15, -0.1) is 0 Å². The number of anilines is 1. The SMILES string of the molecule is COC(=O)c1c(CC(=O)N(C)Cc2ccc(N3CCCCC3)cc2)[nH]c(C(C)=O)c1C. The number of esters is 1. The van der Waals surface area contributed by atoms with Crippen LogP contribution in [0, 0.1) is 6.92 Å². The molecule has 1 aromatic heterocycles. The zero-order chi connectivity index (χ0) is 22.5. The van der Waals surface area contributed by atoms with Crippen molar-refractivity contribution in [1.82, 2.24) is 9.88 Å². The molecular formula is C24H31N3O4. The molecule has 1 aliphatic heterocycles. The van der Waals surface area contributed by atoms with E-state index in [1.54, 1.807) is 18.9 Å². The summed E-state index contributed by atoms with van der Waals surface area (Å²) in [5, 5.41) is 0. The molecule has 7 heteroatoms. The molecule has 3 rings (SSSR count). The van der Waals surface area contributed by atoms with E-state index in [4.69, 9.17) is 4.74 Å². The van der Waals surface area contributed by atoms with Crippen molar-refractivity contribution in [1.29, 1.82) is 0 Å². The smallest absolute Gasteiger partial charge is 0.339 e. The minimum Gasteiger partial charge on any atom is -0.465 e. The molecule has 0 atom stereocenters. The summed E-state index contributed by atoms with van der Waals surface area (Å²) in [6, 6.07) is 8.34. The van der Waals surface area contributed by atoms with Crippen molar-refractivity contribution in [2.24, 2.45) is 0 Å². The molecule has 0 bridgehead atoms. The van der Waals surface area contributed by atoms with E-state index in [1.165, 1.54) is 39.0 Å². The number of Topliss-reactive ketones (excluding diaryl/α,β-unsaturated/α-hetero) is 1. The Labute approximate surface area is 183 Å². The molecule has 1 fully saturated rings. The minimum atomic E-state index is -0.556. The van der Waals surface area contributed by atoms with E-state index in [0.29, 0.717) is 23.5 Å². The summed E-state index contributed by atoms with van der Waals surface area (Å²) < 4.78 is 4.85. The van der Waals surface area contributed by atoms with Crippen LogP contribution in [0.1, 0.15) is 63.9 Å². The highest BCUT2D eigenvalue weighted by Gasteiger charge is 2.25. The van der Waals surface area contributed by atoms with E-state index >= 15 is 0 Å². The fourth-order valence-corrected chi connectivity index (χ4v) is 4.13. The summed E-state index contributed by atoms with van der Waals surface area (Å²) in [4.78, 5) is 43.9. The lowest BCUT2D eigenvalue weighted by Crippen LogP contribution is -2.29. The zero-order valence-corrected chi connectivity index (χ0v) is 18.8. The Hall–Kier alpha value is -3.09. The van der Waals surface area contributed by atoms with Gasteiger partial charge >= 0.3 is 5.97 Å². The summed E-state index contributed by atoms with van der Waals surface area (Å²) in [5.74, 6) is -0.898. The molecule has 0 unspecified atom stereocenters. The van der Waals surface area contributed by atoms with Crippen LogP contribution in [0.25, 0.3) is 0 Å². The van der Waals surface area contributed by atoms with Gasteiger partial charge in [-0.2, -0.15) is 0 Å². The molecule has 31 heavy (non-hydrogen) atoms. The van der Waals surface area contributed by atoms with E-state index in [0.717, 1.165) is 18.7 Å². The van der Waals surface area contributed by atoms with E-state index < -0.39 is 5.97 Å². The van der Waals surface area contributed by atoms with Crippen molar-refractivity contribution in [2.75, 3.05) is 32.1 Å². The average molecular weight is 426 g/mol. The first-order valence-corrected chi connectivity index (χ1v) is 10.7. The third-order valence-corrected chi connectivity index (χ3v) is 5.90. The van der Waals surface area contributed by atoms with Crippen molar-refractivity contribution in [3.63, 3.8) is 0 Å². The van der Waals surface area contributed by atoms with Crippen LogP contribution >= 0.6 is 0 Å². The van der Waals surface area contributed by atoms with Crippen LogP contribution in [0.4, 0.5) is 5.69 Å². The summed E-state index contributed by atoms with van der Waals surface area (Å²) in [5.41, 5.74) is 3.78. The highest BCUT2D eigenvalue weighted by atomic mass is 16.5. The van der Waals surface area contributed by atoms with Gasteiger partial charge in [-0.3, -0.25) is 9.59 Å². The lowest BCUT2D eigenvalue weighted by atomic mass is 10.1. The van der Waals surface area contributed by atoms with Crippen LogP contribution in [-0.4, -0.2) is 54.8 Å². The van der Waals surface area contributed by atoms with Crippen molar-refractivity contribution < 1.29 is 19.1 Å². The number of amides is 1. The number of ketones is 1. The van der Waals surface area contributed by atoms with Gasteiger partial charge in [-0.25, -0.2) is 4.79 Å². The Bertz CT molecular complexity index is 956. The Morgan fingerprint density at radius 1 is 1.10 bits per heavy atom. The summed E-state index contributed by atoms with van der Waals surface area (Å²) in [6.45, 7) is 5.76. The maximum absolute atomic E-state index is 12.8. The maximum Gasteiger partial charge on any atom is 0.339 e. The number of nitrogens with one attached hydrogen (secondary N) is 1. The molecule has 7 nitrogen and oxygen atoms in total. The summed E-state index contributed by atoms with van der Waals surface area (Å²) in [6.07, 6.45) is 3.75. The predicted molar refractivity (Wildman–Crippen MR) is 120 cm³/mol. The molecule has 1 saturated heterocycles. The van der Waals surface area contributed by atoms with Crippen molar-refractivity contribution >= 4 is 23.3 Å². The number of benzene rings is 1. The first kappa shape index (κ1) is 22.6. The summed E-state index contributed by atoms with van der Waals surface area (Å²) in [7, 11) is 3.02. The largest absolute Gasteiger partial charge is 0.465 e. The Morgan fingerprint density at radius 2 is 1.74 bits per heavy atom. The fourth-order valence-electron chi connectivity index (χ4n) is 4.13. The molecule has 0 aliphatic carbocycles. The van der Waals surface area contributed by atoms with Gasteiger partial charge < -0.3 is 19.5 Å². The number of carbonyl (C=O) groups is 3. The minimum absolute atomic E-state index is 0.0130. The monoisotopic (exact) mass is 425 g/mol. The lowest BCUT2D eigenvalue weighted by Gasteiger charge is -2.29. The van der Waals surface area contributed by atoms with Gasteiger partial charge in [0.15, 0.2) is 5.78 Å². The second-order valence-electron chi connectivity index (χ2n) is 8.17. The molecule has 2 heterocycles. The molecule has 0 saturated carbocycles. The Balaban J connectivity index is 1.69. The van der Waals surface area contributed by atoms with Gasteiger partial charge in [0.2, 0.25) is 5.91 Å². The van der Waals surface area contributed by atoms with Crippen LogP contribution in [0.15, 0.2) is 24.3 Å². The highest BCUT2D eigenvalue weighted by molar-refractivity contribution is 6.01. The van der Waals surface area contributed by atoms with Gasteiger partial charge in [0.1, 0.15) is 0 Å². The topological polar surface area (TPSA) is 82.7 Å². The molecule has 1 aromatic carbocycles. The maximum atomic E-state index is 12.8. The number of aromatic amines is 1. The second kappa shape index (κ2) is 9.81. The third-order valence-electron chi connectivity index (χ3n) is 5.90. The van der Waals surface area contributed by atoms with E-state index in [-0.39, 0.29) is 23.7 Å². The van der Waals surface area contributed by atoms with Gasteiger partial charge in [-0.05, 0) is 49.4 Å². The molecule has 1 aliphatic rings. The number of carbonyl (C=O) groups excluding carboxylic acids is 3. The van der Waals surface area contributed by atoms with Gasteiger partial charge in [0.05, 0.1) is 24.8 Å². The number of methoxy groups -OCH3 is 1. The van der Waals surface area contributed by atoms with E-state index in [9.17, 15) is 14.4 Å². The average Bonchev–Trinajstić information content (AvgIpc) is 3.10. The number of H-pyrrole nitrogens is 1. The van der Waals surface area contributed by atoms with Crippen LogP contribution in [-0.2, 0) is 22.5 Å². The number of ether oxygens (including phenoxy) is 1. The number of likely N-dealkylation sites (N-methyl/N-ethyl adjacent to an activating group) is 1.